The van der Waals surface area contributed by atoms with Gasteiger partial charge in [-0.2, -0.15) is 0 Å². The number of nitrogens with zero attached hydrogens (tertiary/aromatic N) is 3. The molecule has 1 amide bonds. The second-order valence-corrected chi connectivity index (χ2v) is 8.43. The zero-order valence-corrected chi connectivity index (χ0v) is 17.3. The van der Waals surface area contributed by atoms with E-state index in [1.807, 2.05) is 10.8 Å². The molecule has 0 aliphatic carbocycles. The van der Waals surface area contributed by atoms with E-state index in [-0.39, 0.29) is 18.0 Å². The maximum absolute atomic E-state index is 12.4. The monoisotopic (exact) mass is 410 g/mol. The minimum atomic E-state index is -0.309. The number of nitrogens with one attached hydrogen (secondary N) is 1. The smallest absolute Gasteiger partial charge is 0.262 e. The van der Waals surface area contributed by atoms with Gasteiger partial charge in [-0.05, 0) is 43.3 Å². The zero-order valence-electron chi connectivity index (χ0n) is 15.6. The molecule has 3 heterocycles. The molecule has 0 unspecified atom stereocenters. The number of thiophene rings is 1. The highest BCUT2D eigenvalue weighted by Crippen LogP contribution is 2.31. The van der Waals surface area contributed by atoms with Crippen LogP contribution < -0.4 is 10.9 Å². The standard InChI is InChI=1S/C20H18N4O2S2/c1-11-6-12(2)17(13(3)7-11)15-9-28-20(22-15)23-16(25)8-24-10-21-18-14(19(24)26)4-5-27-18/h4-7,9-10H,8H2,1-3H3,(H,22,23,25). The van der Waals surface area contributed by atoms with Crippen molar-refractivity contribution in [2.75, 3.05) is 5.32 Å². The van der Waals surface area contributed by atoms with Gasteiger partial charge < -0.3 is 5.32 Å². The summed E-state index contributed by atoms with van der Waals surface area (Å²) in [4.78, 5) is 34.3. The van der Waals surface area contributed by atoms with Gasteiger partial charge in [0.15, 0.2) is 5.13 Å². The molecule has 4 rings (SSSR count). The summed E-state index contributed by atoms with van der Waals surface area (Å²) in [6, 6.07) is 5.98. The SMILES string of the molecule is Cc1cc(C)c(-c2csc(NC(=O)Cn3cnc4sccc4c3=O)n2)c(C)c1. The van der Waals surface area contributed by atoms with Crippen LogP contribution >= 0.6 is 22.7 Å². The van der Waals surface area contributed by atoms with Gasteiger partial charge in [-0.25, -0.2) is 9.97 Å². The Labute approximate surface area is 169 Å². The Morgan fingerprint density at radius 3 is 2.68 bits per heavy atom. The molecular formula is C20H18N4O2S2. The summed E-state index contributed by atoms with van der Waals surface area (Å²) in [5.74, 6) is -0.309. The van der Waals surface area contributed by atoms with Crippen LogP contribution in [0.25, 0.3) is 21.5 Å². The Bertz CT molecular complexity index is 1230. The molecule has 0 spiro atoms. The van der Waals surface area contributed by atoms with Gasteiger partial charge in [0.2, 0.25) is 5.91 Å². The predicted octanol–water partition coefficient (Wildman–Crippen LogP) is 4.15. The molecule has 0 fully saturated rings. The molecule has 8 heteroatoms. The van der Waals surface area contributed by atoms with E-state index in [1.54, 1.807) is 6.07 Å². The van der Waals surface area contributed by atoms with Gasteiger partial charge in [-0.15, -0.1) is 22.7 Å². The second-order valence-electron chi connectivity index (χ2n) is 6.68. The number of carbonyl (C=O) groups is 1. The predicted molar refractivity (Wildman–Crippen MR) is 114 cm³/mol. The quantitative estimate of drug-likeness (QED) is 0.548. The number of aromatic nitrogens is 3. The van der Waals surface area contributed by atoms with Crippen LogP contribution in [0.3, 0.4) is 0 Å². The summed E-state index contributed by atoms with van der Waals surface area (Å²) in [5.41, 5.74) is 5.24. The van der Waals surface area contributed by atoms with Crippen molar-refractivity contribution in [1.82, 2.24) is 14.5 Å². The van der Waals surface area contributed by atoms with E-state index < -0.39 is 0 Å². The highest BCUT2D eigenvalue weighted by Gasteiger charge is 2.14. The van der Waals surface area contributed by atoms with E-state index in [0.717, 1.165) is 22.4 Å². The number of amides is 1. The van der Waals surface area contributed by atoms with E-state index in [0.29, 0.717) is 15.3 Å². The molecule has 0 saturated carbocycles. The first-order chi connectivity index (χ1) is 13.4. The molecule has 0 atom stereocenters. The lowest BCUT2D eigenvalue weighted by molar-refractivity contribution is -0.116. The summed E-state index contributed by atoms with van der Waals surface area (Å²) in [7, 11) is 0. The average molecular weight is 411 g/mol. The maximum atomic E-state index is 12.4. The fraction of sp³-hybridized carbons (Fsp3) is 0.200. The van der Waals surface area contributed by atoms with Crippen molar-refractivity contribution < 1.29 is 4.79 Å². The Balaban J connectivity index is 1.53. The molecule has 0 bridgehead atoms. The van der Waals surface area contributed by atoms with Gasteiger partial charge >= 0.3 is 0 Å². The molecule has 0 radical (unpaired) electrons. The molecule has 0 aliphatic rings. The summed E-state index contributed by atoms with van der Waals surface area (Å²) < 4.78 is 1.31. The number of hydrogen-bond acceptors (Lipinski definition) is 6. The number of anilines is 1. The Hall–Kier alpha value is -2.84. The first-order valence-electron chi connectivity index (χ1n) is 8.68. The van der Waals surface area contributed by atoms with Crippen LogP contribution in [-0.2, 0) is 11.3 Å². The fourth-order valence-corrected chi connectivity index (χ4v) is 4.79. The number of thiazole rings is 1. The van der Waals surface area contributed by atoms with E-state index >= 15 is 0 Å². The maximum Gasteiger partial charge on any atom is 0.262 e. The summed E-state index contributed by atoms with van der Waals surface area (Å²) in [6.45, 7) is 6.09. The van der Waals surface area contributed by atoms with Crippen molar-refractivity contribution >= 4 is 43.9 Å². The third-order valence-electron chi connectivity index (χ3n) is 4.45. The van der Waals surface area contributed by atoms with Crippen molar-refractivity contribution in [3.8, 4) is 11.3 Å². The van der Waals surface area contributed by atoms with Crippen LogP contribution in [0.2, 0.25) is 0 Å². The number of fused-ring (bicyclic) bond motifs is 1. The lowest BCUT2D eigenvalue weighted by atomic mass is 9.98. The summed E-state index contributed by atoms with van der Waals surface area (Å²) >= 11 is 2.77. The molecule has 6 nitrogen and oxygen atoms in total. The number of aryl methyl sites for hydroxylation is 3. The van der Waals surface area contributed by atoms with Gasteiger partial charge in [-0.3, -0.25) is 14.2 Å². The fourth-order valence-electron chi connectivity index (χ4n) is 3.35. The lowest BCUT2D eigenvalue weighted by Crippen LogP contribution is -2.27. The van der Waals surface area contributed by atoms with Crippen LogP contribution in [0, 0.1) is 20.8 Å². The van der Waals surface area contributed by atoms with Crippen molar-refractivity contribution in [3.63, 3.8) is 0 Å². The topological polar surface area (TPSA) is 76.9 Å². The minimum Gasteiger partial charge on any atom is -0.300 e. The van der Waals surface area contributed by atoms with Crippen molar-refractivity contribution in [3.05, 3.63) is 62.3 Å². The van der Waals surface area contributed by atoms with E-state index in [1.165, 1.54) is 39.1 Å². The van der Waals surface area contributed by atoms with Crippen LogP contribution in [0.5, 0.6) is 0 Å². The lowest BCUT2D eigenvalue weighted by Gasteiger charge is -2.09. The van der Waals surface area contributed by atoms with Crippen LogP contribution in [0.15, 0.2) is 40.1 Å². The normalized spacial score (nSPS) is 11.1. The number of benzene rings is 1. The first kappa shape index (κ1) is 18.5. The largest absolute Gasteiger partial charge is 0.300 e. The summed E-state index contributed by atoms with van der Waals surface area (Å²) in [6.07, 6.45) is 1.41. The number of rotatable bonds is 4. The zero-order chi connectivity index (χ0) is 19.8. The van der Waals surface area contributed by atoms with Crippen LogP contribution in [0.4, 0.5) is 5.13 Å². The van der Waals surface area contributed by atoms with E-state index in [9.17, 15) is 9.59 Å². The van der Waals surface area contributed by atoms with E-state index in [2.05, 4.69) is 48.2 Å². The molecule has 1 aromatic carbocycles. The minimum absolute atomic E-state index is 0.102. The van der Waals surface area contributed by atoms with Crippen LogP contribution in [0.1, 0.15) is 16.7 Å². The third-order valence-corrected chi connectivity index (χ3v) is 6.03. The first-order valence-corrected chi connectivity index (χ1v) is 10.4. The Morgan fingerprint density at radius 2 is 1.93 bits per heavy atom. The van der Waals surface area contributed by atoms with Gasteiger partial charge in [0.25, 0.3) is 5.56 Å². The van der Waals surface area contributed by atoms with Gasteiger partial charge in [-0.1, -0.05) is 17.7 Å². The highest BCUT2D eigenvalue weighted by atomic mass is 32.1. The van der Waals surface area contributed by atoms with Gasteiger partial charge in [0, 0.05) is 10.9 Å². The molecule has 1 N–H and O–H groups in total. The van der Waals surface area contributed by atoms with Gasteiger partial charge in [0.1, 0.15) is 11.4 Å². The molecule has 0 saturated heterocycles. The Morgan fingerprint density at radius 1 is 1.18 bits per heavy atom. The molecule has 142 valence electrons. The van der Waals surface area contributed by atoms with Crippen molar-refractivity contribution in [2.24, 2.45) is 0 Å². The Kier molecular flexibility index (Phi) is 4.82. The molecule has 28 heavy (non-hydrogen) atoms. The molecule has 3 aromatic heterocycles. The van der Waals surface area contributed by atoms with Crippen molar-refractivity contribution in [1.29, 1.82) is 0 Å². The highest BCUT2D eigenvalue weighted by molar-refractivity contribution is 7.16. The van der Waals surface area contributed by atoms with Crippen molar-refractivity contribution in [2.45, 2.75) is 27.3 Å². The van der Waals surface area contributed by atoms with Crippen LogP contribution in [-0.4, -0.2) is 20.4 Å². The molecular weight excluding hydrogens is 392 g/mol. The number of hydrogen-bond donors (Lipinski definition) is 1. The van der Waals surface area contributed by atoms with Gasteiger partial charge in [0.05, 0.1) is 17.4 Å². The average Bonchev–Trinajstić information content (AvgIpc) is 3.26. The summed E-state index contributed by atoms with van der Waals surface area (Å²) in [5, 5.41) is 7.58. The number of carbonyl (C=O) groups excluding carboxylic acids is 1. The molecule has 0 aliphatic heterocycles. The molecule has 4 aromatic rings. The second kappa shape index (κ2) is 7.29. The van der Waals surface area contributed by atoms with E-state index in [4.69, 9.17) is 0 Å². The third kappa shape index (κ3) is 3.48.